The number of anilines is 1. The molecule has 0 aliphatic carbocycles. The molecule has 140 valence electrons. The molecule has 2 aromatic rings. The average Bonchev–Trinajstić information content (AvgIpc) is 2.52. The summed E-state index contributed by atoms with van der Waals surface area (Å²) < 4.78 is 25.6. The molecule has 26 heavy (non-hydrogen) atoms. The first-order valence-corrected chi connectivity index (χ1v) is 10.3. The molecule has 0 aliphatic rings. The van der Waals surface area contributed by atoms with Gasteiger partial charge in [0.1, 0.15) is 6.54 Å². The summed E-state index contributed by atoms with van der Waals surface area (Å²) in [5, 5.41) is 0.626. The van der Waals surface area contributed by atoms with Crippen molar-refractivity contribution in [3.8, 4) is 0 Å². The zero-order valence-electron chi connectivity index (χ0n) is 15.4. The lowest BCUT2D eigenvalue weighted by atomic mass is 10.1. The van der Waals surface area contributed by atoms with Crippen LogP contribution in [0.2, 0.25) is 5.02 Å². The Hall–Kier alpha value is -2.05. The molecule has 7 heteroatoms. The van der Waals surface area contributed by atoms with Crippen molar-refractivity contribution in [1.29, 1.82) is 0 Å². The summed E-state index contributed by atoms with van der Waals surface area (Å²) in [4.78, 5) is 14.1. The summed E-state index contributed by atoms with van der Waals surface area (Å²) in [6, 6.07) is 12.7. The van der Waals surface area contributed by atoms with Crippen LogP contribution in [0.25, 0.3) is 0 Å². The Morgan fingerprint density at radius 3 is 2.08 bits per heavy atom. The summed E-state index contributed by atoms with van der Waals surface area (Å²) in [7, 11) is -1.94. The van der Waals surface area contributed by atoms with Gasteiger partial charge in [-0.3, -0.25) is 9.10 Å². The molecule has 2 aromatic carbocycles. The number of benzene rings is 2. The van der Waals surface area contributed by atoms with E-state index in [1.807, 2.05) is 32.0 Å². The van der Waals surface area contributed by atoms with Crippen molar-refractivity contribution in [1.82, 2.24) is 4.90 Å². The Labute approximate surface area is 160 Å². The third-order valence-corrected chi connectivity index (χ3v) is 5.32. The Morgan fingerprint density at radius 2 is 1.58 bits per heavy atom. The van der Waals surface area contributed by atoms with E-state index < -0.39 is 10.0 Å². The molecular weight excluding hydrogens is 372 g/mol. The number of aryl methyl sites for hydroxylation is 2. The molecule has 0 N–H and O–H groups in total. The van der Waals surface area contributed by atoms with Gasteiger partial charge in [0, 0.05) is 18.6 Å². The Kier molecular flexibility index (Phi) is 6.31. The number of carbonyl (C=O) groups excluding carboxylic acids is 1. The zero-order chi connectivity index (χ0) is 19.5. The second kappa shape index (κ2) is 8.10. The van der Waals surface area contributed by atoms with E-state index in [-0.39, 0.29) is 12.5 Å². The van der Waals surface area contributed by atoms with Gasteiger partial charge in [0.2, 0.25) is 15.9 Å². The molecule has 0 spiro atoms. The fourth-order valence-corrected chi connectivity index (χ4v) is 3.65. The smallest absolute Gasteiger partial charge is 0.243 e. The number of hydrogen-bond acceptors (Lipinski definition) is 3. The summed E-state index contributed by atoms with van der Waals surface area (Å²) in [5.74, 6) is -0.287. The summed E-state index contributed by atoms with van der Waals surface area (Å²) in [6.07, 6.45) is 1.11. The van der Waals surface area contributed by atoms with Gasteiger partial charge < -0.3 is 4.90 Å². The van der Waals surface area contributed by atoms with Crippen LogP contribution in [-0.2, 0) is 21.4 Å². The lowest BCUT2D eigenvalue weighted by molar-refractivity contribution is -0.128. The third kappa shape index (κ3) is 5.47. The van der Waals surface area contributed by atoms with Crippen molar-refractivity contribution >= 4 is 33.2 Å². The van der Waals surface area contributed by atoms with E-state index in [9.17, 15) is 13.2 Å². The molecule has 0 radical (unpaired) electrons. The van der Waals surface area contributed by atoms with E-state index in [1.165, 1.54) is 4.90 Å². The molecule has 2 rings (SSSR count). The minimum absolute atomic E-state index is 0.244. The van der Waals surface area contributed by atoms with Crippen molar-refractivity contribution in [2.24, 2.45) is 0 Å². The molecule has 0 saturated heterocycles. The van der Waals surface area contributed by atoms with Gasteiger partial charge in [-0.1, -0.05) is 29.8 Å². The maximum Gasteiger partial charge on any atom is 0.243 e. The van der Waals surface area contributed by atoms with Gasteiger partial charge in [-0.15, -0.1) is 0 Å². The van der Waals surface area contributed by atoms with Crippen molar-refractivity contribution in [3.05, 3.63) is 64.2 Å². The van der Waals surface area contributed by atoms with E-state index in [4.69, 9.17) is 11.6 Å². The van der Waals surface area contributed by atoms with Crippen LogP contribution < -0.4 is 4.31 Å². The van der Waals surface area contributed by atoms with Crippen LogP contribution in [-0.4, -0.2) is 39.1 Å². The van der Waals surface area contributed by atoms with Gasteiger partial charge in [0.25, 0.3) is 0 Å². The van der Waals surface area contributed by atoms with Crippen LogP contribution in [0.3, 0.4) is 0 Å². The van der Waals surface area contributed by atoms with Gasteiger partial charge >= 0.3 is 0 Å². The van der Waals surface area contributed by atoms with Crippen LogP contribution in [0.1, 0.15) is 16.7 Å². The van der Waals surface area contributed by atoms with Gasteiger partial charge in [-0.05, 0) is 54.8 Å². The van der Waals surface area contributed by atoms with Crippen LogP contribution >= 0.6 is 11.6 Å². The summed E-state index contributed by atoms with van der Waals surface area (Å²) in [6.45, 7) is 3.92. The van der Waals surface area contributed by atoms with E-state index in [1.54, 1.807) is 31.3 Å². The number of sulfonamides is 1. The lowest BCUT2D eigenvalue weighted by Crippen LogP contribution is -2.41. The number of amides is 1. The highest BCUT2D eigenvalue weighted by atomic mass is 35.5. The molecule has 0 atom stereocenters. The number of nitrogens with zero attached hydrogens (tertiary/aromatic N) is 2. The second-order valence-electron chi connectivity index (χ2n) is 6.49. The zero-order valence-corrected chi connectivity index (χ0v) is 16.9. The van der Waals surface area contributed by atoms with Gasteiger partial charge in [0.05, 0.1) is 11.9 Å². The monoisotopic (exact) mass is 394 g/mol. The highest BCUT2D eigenvalue weighted by molar-refractivity contribution is 7.92. The number of hydrogen-bond donors (Lipinski definition) is 0. The lowest BCUT2D eigenvalue weighted by Gasteiger charge is -2.26. The van der Waals surface area contributed by atoms with Crippen molar-refractivity contribution in [2.45, 2.75) is 20.4 Å². The number of halogens is 1. The minimum atomic E-state index is -3.59. The van der Waals surface area contributed by atoms with E-state index in [0.717, 1.165) is 27.3 Å². The number of rotatable bonds is 6. The first-order chi connectivity index (χ1) is 12.1. The van der Waals surface area contributed by atoms with Gasteiger partial charge in [-0.2, -0.15) is 0 Å². The van der Waals surface area contributed by atoms with Crippen molar-refractivity contribution in [3.63, 3.8) is 0 Å². The molecule has 0 bridgehead atoms. The Morgan fingerprint density at radius 1 is 1.04 bits per heavy atom. The minimum Gasteiger partial charge on any atom is -0.340 e. The van der Waals surface area contributed by atoms with Gasteiger partial charge in [0.15, 0.2) is 0 Å². The first kappa shape index (κ1) is 20.3. The summed E-state index contributed by atoms with van der Waals surface area (Å²) in [5.41, 5.74) is 3.30. The standard InChI is InChI=1S/C19H23ClN2O3S/c1-14-9-15(2)11-18(10-14)22(26(4,24)25)13-19(23)21(3)12-16-5-7-17(20)8-6-16/h5-11H,12-13H2,1-4H3. The first-order valence-electron chi connectivity index (χ1n) is 8.10. The molecule has 1 amide bonds. The molecule has 5 nitrogen and oxygen atoms in total. The van der Waals surface area contributed by atoms with Crippen molar-refractivity contribution < 1.29 is 13.2 Å². The van der Waals surface area contributed by atoms with Crippen LogP contribution in [0.5, 0.6) is 0 Å². The number of likely N-dealkylation sites (N-methyl/N-ethyl adjacent to an activating group) is 1. The Balaban J connectivity index is 2.19. The second-order valence-corrected chi connectivity index (χ2v) is 8.84. The molecule has 0 aromatic heterocycles. The van der Waals surface area contributed by atoms with Gasteiger partial charge in [-0.25, -0.2) is 8.42 Å². The highest BCUT2D eigenvalue weighted by Crippen LogP contribution is 2.21. The van der Waals surface area contributed by atoms with E-state index in [0.29, 0.717) is 17.3 Å². The fourth-order valence-electron chi connectivity index (χ4n) is 2.69. The highest BCUT2D eigenvalue weighted by Gasteiger charge is 2.23. The van der Waals surface area contributed by atoms with Crippen molar-refractivity contribution in [2.75, 3.05) is 24.2 Å². The van der Waals surface area contributed by atoms with Crippen LogP contribution in [0.15, 0.2) is 42.5 Å². The molecular formula is C19H23ClN2O3S. The predicted molar refractivity (Wildman–Crippen MR) is 106 cm³/mol. The number of carbonyl (C=O) groups is 1. The van der Waals surface area contributed by atoms with Crippen LogP contribution in [0.4, 0.5) is 5.69 Å². The fraction of sp³-hybridized carbons (Fsp3) is 0.316. The predicted octanol–water partition coefficient (Wildman–Crippen LogP) is 3.38. The Bertz CT molecular complexity index is 875. The SMILES string of the molecule is Cc1cc(C)cc(N(CC(=O)N(C)Cc2ccc(Cl)cc2)S(C)(=O)=O)c1. The molecule has 0 aliphatic heterocycles. The molecule has 0 fully saturated rings. The third-order valence-electron chi connectivity index (χ3n) is 3.93. The normalized spacial score (nSPS) is 11.3. The van der Waals surface area contributed by atoms with E-state index in [2.05, 4.69) is 0 Å². The molecule has 0 heterocycles. The average molecular weight is 395 g/mol. The molecule has 0 unspecified atom stereocenters. The molecule has 0 saturated carbocycles. The topological polar surface area (TPSA) is 57.7 Å². The quantitative estimate of drug-likeness (QED) is 0.754. The maximum atomic E-state index is 12.6. The largest absolute Gasteiger partial charge is 0.340 e. The maximum absolute atomic E-state index is 12.6. The van der Waals surface area contributed by atoms with E-state index >= 15 is 0 Å². The summed E-state index contributed by atoms with van der Waals surface area (Å²) >= 11 is 5.87. The van der Waals surface area contributed by atoms with Crippen LogP contribution in [0, 0.1) is 13.8 Å².